The zero-order valence-corrected chi connectivity index (χ0v) is 11.7. The minimum absolute atomic E-state index is 0.0360. The lowest BCUT2D eigenvalue weighted by molar-refractivity contribution is -0.121. The fourth-order valence-electron chi connectivity index (χ4n) is 1.13. The Hall–Kier alpha value is -1.55. The predicted molar refractivity (Wildman–Crippen MR) is 68.7 cm³/mol. The van der Waals surface area contributed by atoms with E-state index in [0.717, 1.165) is 0 Å². The van der Waals surface area contributed by atoms with Crippen LogP contribution < -0.4 is 5.32 Å². The lowest BCUT2D eigenvalue weighted by Crippen LogP contribution is -2.51. The predicted octanol–water partition coefficient (Wildman–Crippen LogP) is 1.34. The summed E-state index contributed by atoms with van der Waals surface area (Å²) in [5.74, 6) is -0.150. The van der Waals surface area contributed by atoms with Crippen LogP contribution in [0.25, 0.3) is 0 Å². The number of aromatic amines is 1. The first-order valence-corrected chi connectivity index (χ1v) is 6.52. The van der Waals surface area contributed by atoms with Crippen molar-refractivity contribution in [2.24, 2.45) is 5.92 Å². The quantitative estimate of drug-likeness (QED) is 0.785. The van der Waals surface area contributed by atoms with Gasteiger partial charge in [0.2, 0.25) is 5.91 Å². The van der Waals surface area contributed by atoms with E-state index in [0.29, 0.717) is 5.16 Å². The van der Waals surface area contributed by atoms with Crippen LogP contribution in [0.4, 0.5) is 0 Å². The third-order valence-corrected chi connectivity index (χ3v) is 3.81. The van der Waals surface area contributed by atoms with Gasteiger partial charge in [-0.2, -0.15) is 10.4 Å². The number of nitrogens with zero attached hydrogens (tertiary/aromatic N) is 3. The number of hydrogen-bond donors (Lipinski definition) is 2. The van der Waals surface area contributed by atoms with Crippen LogP contribution in [0.3, 0.4) is 0 Å². The first-order valence-electron chi connectivity index (χ1n) is 5.64. The summed E-state index contributed by atoms with van der Waals surface area (Å²) in [6, 6.07) is 2.15. The molecule has 0 aliphatic heterocycles. The van der Waals surface area contributed by atoms with Crippen molar-refractivity contribution in [2.45, 2.75) is 43.6 Å². The SMILES string of the molecule is CC(C)[C@@](C)(C#N)NC(=O)[C@@H](C)Sc1ncn[nH]1. The van der Waals surface area contributed by atoms with Crippen molar-refractivity contribution in [3.63, 3.8) is 0 Å². The summed E-state index contributed by atoms with van der Waals surface area (Å²) in [6.07, 6.45) is 1.39. The Kier molecular flexibility index (Phi) is 4.73. The van der Waals surface area contributed by atoms with Gasteiger partial charge < -0.3 is 5.32 Å². The van der Waals surface area contributed by atoms with Crippen LogP contribution in [0.5, 0.6) is 0 Å². The van der Waals surface area contributed by atoms with Crippen LogP contribution >= 0.6 is 11.8 Å². The summed E-state index contributed by atoms with van der Waals surface area (Å²) in [5.41, 5.74) is -0.854. The van der Waals surface area contributed by atoms with E-state index in [1.807, 2.05) is 13.8 Å². The largest absolute Gasteiger partial charge is 0.337 e. The first-order chi connectivity index (χ1) is 8.39. The van der Waals surface area contributed by atoms with Gasteiger partial charge in [0.05, 0.1) is 11.3 Å². The molecule has 1 aromatic heterocycles. The van der Waals surface area contributed by atoms with Gasteiger partial charge >= 0.3 is 0 Å². The summed E-state index contributed by atoms with van der Waals surface area (Å²) in [5, 5.41) is 18.5. The molecule has 0 spiro atoms. The molecule has 0 radical (unpaired) electrons. The van der Waals surface area contributed by atoms with Crippen molar-refractivity contribution in [3.05, 3.63) is 6.33 Å². The van der Waals surface area contributed by atoms with Crippen LogP contribution in [-0.4, -0.2) is 31.9 Å². The summed E-state index contributed by atoms with van der Waals surface area (Å²) >= 11 is 1.27. The highest BCUT2D eigenvalue weighted by Crippen LogP contribution is 2.21. The van der Waals surface area contributed by atoms with Gasteiger partial charge in [-0.25, -0.2) is 4.98 Å². The number of aromatic nitrogens is 3. The van der Waals surface area contributed by atoms with E-state index < -0.39 is 5.54 Å². The lowest BCUT2D eigenvalue weighted by Gasteiger charge is -2.28. The van der Waals surface area contributed by atoms with Gasteiger partial charge in [0, 0.05) is 0 Å². The number of amides is 1. The van der Waals surface area contributed by atoms with Gasteiger partial charge in [-0.1, -0.05) is 25.6 Å². The van der Waals surface area contributed by atoms with Crippen molar-refractivity contribution < 1.29 is 4.79 Å². The molecule has 0 fully saturated rings. The van der Waals surface area contributed by atoms with Crippen LogP contribution in [0.2, 0.25) is 0 Å². The molecular weight excluding hydrogens is 250 g/mol. The highest BCUT2D eigenvalue weighted by atomic mass is 32.2. The van der Waals surface area contributed by atoms with Gasteiger partial charge in [-0.3, -0.25) is 9.89 Å². The minimum Gasteiger partial charge on any atom is -0.337 e. The summed E-state index contributed by atoms with van der Waals surface area (Å²) in [6.45, 7) is 7.29. The minimum atomic E-state index is -0.854. The third-order valence-electron chi connectivity index (χ3n) is 2.82. The molecule has 0 saturated heterocycles. The summed E-state index contributed by atoms with van der Waals surface area (Å²) in [4.78, 5) is 15.9. The van der Waals surface area contributed by atoms with Crippen molar-refractivity contribution in [1.29, 1.82) is 5.26 Å². The van der Waals surface area contributed by atoms with E-state index in [1.165, 1.54) is 18.1 Å². The van der Waals surface area contributed by atoms with E-state index in [1.54, 1.807) is 13.8 Å². The smallest absolute Gasteiger partial charge is 0.234 e. The fourth-order valence-corrected chi connectivity index (χ4v) is 1.85. The third kappa shape index (κ3) is 3.47. The molecule has 1 rings (SSSR count). The van der Waals surface area contributed by atoms with Crippen molar-refractivity contribution in [3.8, 4) is 6.07 Å². The molecule has 0 aliphatic carbocycles. The number of rotatable bonds is 5. The van der Waals surface area contributed by atoms with Crippen LogP contribution in [0, 0.1) is 17.2 Å². The van der Waals surface area contributed by atoms with Gasteiger partial charge in [0.25, 0.3) is 0 Å². The highest BCUT2D eigenvalue weighted by molar-refractivity contribution is 8.00. The number of nitriles is 1. The number of H-pyrrole nitrogens is 1. The molecular formula is C11H17N5OS. The standard InChI is InChI=1S/C11H17N5OS/c1-7(2)11(4,5-12)15-9(17)8(3)18-10-13-6-14-16-10/h6-8H,1-4H3,(H,15,17)(H,13,14,16)/t8-,11-/m1/s1. The highest BCUT2D eigenvalue weighted by Gasteiger charge is 2.31. The molecule has 0 aromatic carbocycles. The number of thioether (sulfide) groups is 1. The van der Waals surface area contributed by atoms with Gasteiger partial charge in [-0.05, 0) is 19.8 Å². The van der Waals surface area contributed by atoms with Gasteiger partial charge in [-0.15, -0.1) is 0 Å². The van der Waals surface area contributed by atoms with E-state index in [9.17, 15) is 4.79 Å². The van der Waals surface area contributed by atoms with E-state index in [-0.39, 0.29) is 17.1 Å². The Balaban J connectivity index is 2.63. The second kappa shape index (κ2) is 5.87. The maximum atomic E-state index is 12.0. The number of carbonyl (C=O) groups excluding carboxylic acids is 1. The Morgan fingerprint density at radius 3 is 2.72 bits per heavy atom. The molecule has 7 heteroatoms. The second-order valence-electron chi connectivity index (χ2n) is 4.51. The van der Waals surface area contributed by atoms with Crippen molar-refractivity contribution in [1.82, 2.24) is 20.5 Å². The van der Waals surface area contributed by atoms with E-state index >= 15 is 0 Å². The fraction of sp³-hybridized carbons (Fsp3) is 0.636. The Labute approximate surface area is 111 Å². The summed E-state index contributed by atoms with van der Waals surface area (Å²) < 4.78 is 0. The monoisotopic (exact) mass is 267 g/mol. The number of hydrogen-bond acceptors (Lipinski definition) is 5. The molecule has 98 valence electrons. The van der Waals surface area contributed by atoms with Gasteiger partial charge in [0.1, 0.15) is 11.9 Å². The van der Waals surface area contributed by atoms with E-state index in [4.69, 9.17) is 5.26 Å². The lowest BCUT2D eigenvalue weighted by atomic mass is 9.90. The molecule has 0 unspecified atom stereocenters. The van der Waals surface area contributed by atoms with Crippen molar-refractivity contribution >= 4 is 17.7 Å². The normalized spacial score (nSPS) is 15.8. The first kappa shape index (κ1) is 14.5. The second-order valence-corrected chi connectivity index (χ2v) is 5.84. The molecule has 0 bridgehead atoms. The zero-order chi connectivity index (χ0) is 13.8. The van der Waals surface area contributed by atoms with Crippen LogP contribution in [0.15, 0.2) is 11.5 Å². The zero-order valence-electron chi connectivity index (χ0n) is 10.9. The molecule has 1 amide bonds. The average molecular weight is 267 g/mol. The molecule has 2 N–H and O–H groups in total. The number of carbonyl (C=O) groups is 1. The van der Waals surface area contributed by atoms with Crippen molar-refractivity contribution in [2.75, 3.05) is 0 Å². The average Bonchev–Trinajstić information content (AvgIpc) is 2.81. The number of nitrogens with one attached hydrogen (secondary N) is 2. The maximum absolute atomic E-state index is 12.0. The maximum Gasteiger partial charge on any atom is 0.234 e. The molecule has 18 heavy (non-hydrogen) atoms. The van der Waals surface area contributed by atoms with Crippen LogP contribution in [0.1, 0.15) is 27.7 Å². The molecule has 1 heterocycles. The molecule has 0 saturated carbocycles. The Morgan fingerprint density at radius 2 is 2.28 bits per heavy atom. The molecule has 2 atom stereocenters. The molecule has 1 aromatic rings. The Morgan fingerprint density at radius 1 is 1.61 bits per heavy atom. The van der Waals surface area contributed by atoms with Gasteiger partial charge in [0.15, 0.2) is 5.16 Å². The van der Waals surface area contributed by atoms with Crippen LogP contribution in [-0.2, 0) is 4.79 Å². The topological polar surface area (TPSA) is 94.5 Å². The molecule has 0 aliphatic rings. The van der Waals surface area contributed by atoms with E-state index in [2.05, 4.69) is 26.6 Å². The summed E-state index contributed by atoms with van der Waals surface area (Å²) in [7, 11) is 0. The molecule has 6 nitrogen and oxygen atoms in total. The Bertz CT molecular complexity index is 439.